The van der Waals surface area contributed by atoms with Gasteiger partial charge in [-0.15, -0.1) is 0 Å². The van der Waals surface area contributed by atoms with Crippen LogP contribution in [0.2, 0.25) is 0 Å². The molecule has 0 heterocycles. The van der Waals surface area contributed by atoms with Gasteiger partial charge in [0.1, 0.15) is 0 Å². The van der Waals surface area contributed by atoms with E-state index in [1.54, 1.807) is 36.4 Å². The molecule has 1 rings (SSSR count). The van der Waals surface area contributed by atoms with Gasteiger partial charge in [0.15, 0.2) is 0 Å². The molecule has 0 saturated carbocycles. The highest BCUT2D eigenvalue weighted by Crippen LogP contribution is 2.14. The second-order valence-electron chi connectivity index (χ2n) is 3.44. The number of benzene rings is 1. The summed E-state index contributed by atoms with van der Waals surface area (Å²) in [6.07, 6.45) is 3.32. The summed E-state index contributed by atoms with van der Waals surface area (Å²) in [6.45, 7) is -0.0300. The molecule has 0 saturated heterocycles. The van der Waals surface area contributed by atoms with E-state index in [0.717, 1.165) is 5.56 Å². The number of aliphatic hydroxyl groups is 1. The van der Waals surface area contributed by atoms with Gasteiger partial charge in [0.25, 0.3) is 0 Å². The predicted molar refractivity (Wildman–Crippen MR) is 63.4 cm³/mol. The molecule has 88 valence electrons. The second-order valence-corrected chi connectivity index (χ2v) is 5.59. The molecular weight excluding hydrogens is 226 g/mol. The Morgan fingerprint density at radius 2 is 1.81 bits per heavy atom. The largest absolute Gasteiger partial charge is 0.392 e. The molecule has 0 spiro atoms. The Balaban J connectivity index is 3.00. The Kier molecular flexibility index (Phi) is 4.23. The number of hydrogen-bond acceptors (Lipinski definition) is 3. The molecule has 0 amide bonds. The van der Waals surface area contributed by atoms with Crippen molar-refractivity contribution in [3.63, 3.8) is 0 Å². The van der Waals surface area contributed by atoms with Crippen LogP contribution < -0.4 is 0 Å². The molecule has 1 N–H and O–H groups in total. The first kappa shape index (κ1) is 12.9. The summed E-state index contributed by atoms with van der Waals surface area (Å²) in [6, 6.07) is 6.49. The van der Waals surface area contributed by atoms with Crippen molar-refractivity contribution in [3.05, 3.63) is 35.9 Å². The third-order valence-corrected chi connectivity index (χ3v) is 3.90. The third kappa shape index (κ3) is 2.91. The van der Waals surface area contributed by atoms with E-state index in [-0.39, 0.29) is 11.5 Å². The first-order chi connectivity index (χ1) is 7.48. The predicted octanol–water partition coefficient (Wildman–Crippen LogP) is 0.942. The van der Waals surface area contributed by atoms with Gasteiger partial charge in [-0.1, -0.05) is 24.3 Å². The van der Waals surface area contributed by atoms with Gasteiger partial charge in [-0.2, -0.15) is 0 Å². The lowest BCUT2D eigenvalue weighted by molar-refractivity contribution is 0.343. The molecule has 0 aliphatic heterocycles. The fourth-order valence-electron chi connectivity index (χ4n) is 1.15. The molecule has 0 aliphatic rings. The van der Waals surface area contributed by atoms with Crippen LogP contribution >= 0.6 is 0 Å². The Morgan fingerprint density at radius 1 is 1.25 bits per heavy atom. The van der Waals surface area contributed by atoms with Crippen molar-refractivity contribution in [2.75, 3.05) is 20.7 Å². The van der Waals surface area contributed by atoms with E-state index in [9.17, 15) is 8.42 Å². The van der Waals surface area contributed by atoms with Gasteiger partial charge in [-0.3, -0.25) is 0 Å². The van der Waals surface area contributed by atoms with Crippen LogP contribution in [0.25, 0.3) is 6.08 Å². The van der Waals surface area contributed by atoms with Gasteiger partial charge in [0.05, 0.1) is 11.5 Å². The van der Waals surface area contributed by atoms with Gasteiger partial charge in [0, 0.05) is 14.1 Å². The van der Waals surface area contributed by atoms with E-state index in [1.807, 2.05) is 0 Å². The van der Waals surface area contributed by atoms with Gasteiger partial charge >= 0.3 is 0 Å². The Hall–Kier alpha value is -1.17. The number of rotatable bonds is 4. The van der Waals surface area contributed by atoms with E-state index in [2.05, 4.69) is 0 Å². The van der Waals surface area contributed by atoms with Crippen molar-refractivity contribution >= 4 is 16.1 Å². The highest BCUT2D eigenvalue weighted by molar-refractivity contribution is 7.89. The normalized spacial score (nSPS) is 12.5. The molecule has 16 heavy (non-hydrogen) atoms. The molecule has 1 aromatic carbocycles. The average molecular weight is 241 g/mol. The zero-order valence-corrected chi connectivity index (χ0v) is 10.1. The summed E-state index contributed by atoms with van der Waals surface area (Å²) in [7, 11) is -0.364. The van der Waals surface area contributed by atoms with Crippen LogP contribution in [0, 0.1) is 0 Å². The highest BCUT2D eigenvalue weighted by atomic mass is 32.2. The van der Waals surface area contributed by atoms with Crippen molar-refractivity contribution in [3.8, 4) is 0 Å². The SMILES string of the molecule is CN(C)S(=O)(=O)c1ccc(C=CCO)cc1. The molecule has 0 atom stereocenters. The Bertz CT molecular complexity index is 461. The Labute approximate surface area is 95.9 Å². The van der Waals surface area contributed by atoms with E-state index in [0.29, 0.717) is 0 Å². The minimum Gasteiger partial charge on any atom is -0.392 e. The van der Waals surface area contributed by atoms with E-state index in [1.165, 1.54) is 18.4 Å². The van der Waals surface area contributed by atoms with Crippen LogP contribution in [0.1, 0.15) is 5.56 Å². The molecule has 0 aliphatic carbocycles. The molecule has 1 aromatic rings. The molecular formula is C11H15NO3S. The maximum absolute atomic E-state index is 11.7. The van der Waals surface area contributed by atoms with Gasteiger partial charge in [0.2, 0.25) is 10.0 Å². The summed E-state index contributed by atoms with van der Waals surface area (Å²) in [5, 5.41) is 8.59. The zero-order valence-electron chi connectivity index (χ0n) is 9.29. The van der Waals surface area contributed by atoms with Crippen LogP contribution in [-0.4, -0.2) is 38.5 Å². The molecule has 0 fully saturated rings. The van der Waals surface area contributed by atoms with Crippen molar-refractivity contribution in [1.82, 2.24) is 4.31 Å². The Morgan fingerprint density at radius 3 is 2.25 bits per heavy atom. The van der Waals surface area contributed by atoms with E-state index >= 15 is 0 Å². The fraction of sp³-hybridized carbons (Fsp3) is 0.273. The first-order valence-corrected chi connectivity index (χ1v) is 6.22. The molecule has 0 bridgehead atoms. The minimum absolute atomic E-state index is 0.0300. The third-order valence-electron chi connectivity index (χ3n) is 2.07. The minimum atomic E-state index is -3.35. The molecule has 5 heteroatoms. The topological polar surface area (TPSA) is 57.6 Å². The average Bonchev–Trinajstić information content (AvgIpc) is 2.26. The molecule has 0 unspecified atom stereocenters. The van der Waals surface area contributed by atoms with Crippen LogP contribution in [0.15, 0.2) is 35.2 Å². The number of sulfonamides is 1. The lowest BCUT2D eigenvalue weighted by Crippen LogP contribution is -2.22. The standard InChI is InChI=1S/C11H15NO3S/c1-12(2)16(14,15)11-7-5-10(6-8-11)4-3-9-13/h3-8,13H,9H2,1-2H3. The number of aliphatic hydroxyl groups excluding tert-OH is 1. The van der Waals surface area contributed by atoms with Crippen LogP contribution in [0.3, 0.4) is 0 Å². The van der Waals surface area contributed by atoms with Crippen LogP contribution in [0.5, 0.6) is 0 Å². The van der Waals surface area contributed by atoms with E-state index in [4.69, 9.17) is 5.11 Å². The van der Waals surface area contributed by atoms with Crippen molar-refractivity contribution in [1.29, 1.82) is 0 Å². The summed E-state index contributed by atoms with van der Waals surface area (Å²) in [5.74, 6) is 0. The number of nitrogens with zero attached hydrogens (tertiary/aromatic N) is 1. The fourth-order valence-corrected chi connectivity index (χ4v) is 2.05. The van der Waals surface area contributed by atoms with Gasteiger partial charge < -0.3 is 5.11 Å². The summed E-state index contributed by atoms with van der Waals surface area (Å²) in [5.41, 5.74) is 0.853. The number of hydrogen-bond donors (Lipinski definition) is 1. The first-order valence-electron chi connectivity index (χ1n) is 4.78. The van der Waals surface area contributed by atoms with Crippen LogP contribution in [-0.2, 0) is 10.0 Å². The van der Waals surface area contributed by atoms with Crippen molar-refractivity contribution in [2.24, 2.45) is 0 Å². The van der Waals surface area contributed by atoms with E-state index < -0.39 is 10.0 Å². The summed E-state index contributed by atoms with van der Waals surface area (Å²) >= 11 is 0. The van der Waals surface area contributed by atoms with Crippen molar-refractivity contribution < 1.29 is 13.5 Å². The van der Waals surface area contributed by atoms with Gasteiger partial charge in [-0.25, -0.2) is 12.7 Å². The summed E-state index contributed by atoms with van der Waals surface area (Å²) < 4.78 is 24.6. The molecule has 4 nitrogen and oxygen atoms in total. The summed E-state index contributed by atoms with van der Waals surface area (Å²) in [4.78, 5) is 0.263. The quantitative estimate of drug-likeness (QED) is 0.853. The maximum Gasteiger partial charge on any atom is 0.242 e. The molecule has 0 aromatic heterocycles. The zero-order chi connectivity index (χ0) is 12.2. The van der Waals surface area contributed by atoms with Crippen LogP contribution in [0.4, 0.5) is 0 Å². The lowest BCUT2D eigenvalue weighted by Gasteiger charge is -2.10. The van der Waals surface area contributed by atoms with Crippen molar-refractivity contribution in [2.45, 2.75) is 4.90 Å². The molecule has 0 radical (unpaired) electrons. The smallest absolute Gasteiger partial charge is 0.242 e. The lowest BCUT2D eigenvalue weighted by atomic mass is 10.2. The monoisotopic (exact) mass is 241 g/mol. The van der Waals surface area contributed by atoms with Gasteiger partial charge in [-0.05, 0) is 17.7 Å². The second kappa shape index (κ2) is 5.25. The highest BCUT2D eigenvalue weighted by Gasteiger charge is 2.15. The maximum atomic E-state index is 11.7.